The van der Waals surface area contributed by atoms with Crippen LogP contribution in [0.4, 0.5) is 0 Å². The Morgan fingerprint density at radius 3 is 2.64 bits per heavy atom. The summed E-state index contributed by atoms with van der Waals surface area (Å²) < 4.78 is 5.54. The molecule has 8 heteroatoms. The van der Waals surface area contributed by atoms with Crippen molar-refractivity contribution in [2.75, 3.05) is 26.2 Å². The first-order valence-corrected chi connectivity index (χ1v) is 9.47. The highest BCUT2D eigenvalue weighted by Gasteiger charge is 2.05. The number of guanidine groups is 1. The molecule has 0 aliphatic rings. The predicted molar refractivity (Wildman–Crippen MR) is 124 cm³/mol. The van der Waals surface area contributed by atoms with E-state index in [0.717, 1.165) is 24.1 Å². The van der Waals surface area contributed by atoms with Crippen LogP contribution in [0.15, 0.2) is 53.7 Å². The fourth-order valence-electron chi connectivity index (χ4n) is 2.36. The first-order chi connectivity index (χ1) is 13.2. The van der Waals surface area contributed by atoms with E-state index in [4.69, 9.17) is 16.3 Å². The van der Waals surface area contributed by atoms with Crippen LogP contribution in [0.3, 0.4) is 0 Å². The summed E-state index contributed by atoms with van der Waals surface area (Å²) in [5.41, 5.74) is 2.18. The van der Waals surface area contributed by atoms with E-state index in [2.05, 4.69) is 20.6 Å². The van der Waals surface area contributed by atoms with E-state index < -0.39 is 6.10 Å². The summed E-state index contributed by atoms with van der Waals surface area (Å²) in [5, 5.41) is 17.0. The van der Waals surface area contributed by atoms with Gasteiger partial charge in [-0.05, 0) is 30.5 Å². The molecule has 154 valence electrons. The fraction of sp³-hybridized carbons (Fsp3) is 0.400. The summed E-state index contributed by atoms with van der Waals surface area (Å²) in [7, 11) is 0. The van der Waals surface area contributed by atoms with Crippen LogP contribution in [0.2, 0.25) is 5.15 Å². The van der Waals surface area contributed by atoms with Gasteiger partial charge in [0.15, 0.2) is 5.96 Å². The molecule has 1 aromatic heterocycles. The van der Waals surface area contributed by atoms with Crippen LogP contribution in [-0.2, 0) is 17.8 Å². The van der Waals surface area contributed by atoms with Gasteiger partial charge in [0.05, 0.1) is 25.9 Å². The minimum Gasteiger partial charge on any atom is -0.389 e. The number of rotatable bonds is 10. The number of halogens is 2. The first-order valence-electron chi connectivity index (χ1n) is 9.09. The Labute approximate surface area is 188 Å². The van der Waals surface area contributed by atoms with Gasteiger partial charge in [-0.15, -0.1) is 24.0 Å². The molecule has 1 aromatic carbocycles. The predicted octanol–water partition coefficient (Wildman–Crippen LogP) is 3.03. The maximum atomic E-state index is 10.1. The second-order valence-electron chi connectivity index (χ2n) is 6.04. The summed E-state index contributed by atoms with van der Waals surface area (Å²) >= 11 is 5.79. The number of ether oxygens (including phenoxy) is 1. The SMILES string of the molecule is CCNC(=NCC(O)COCc1ccccc1)NCCc1ccc(Cl)nc1.I. The summed E-state index contributed by atoms with van der Waals surface area (Å²) in [5.74, 6) is 0.668. The van der Waals surface area contributed by atoms with Gasteiger partial charge >= 0.3 is 0 Å². The lowest BCUT2D eigenvalue weighted by atomic mass is 10.2. The topological polar surface area (TPSA) is 78.8 Å². The lowest BCUT2D eigenvalue weighted by Gasteiger charge is -2.13. The van der Waals surface area contributed by atoms with Gasteiger partial charge < -0.3 is 20.5 Å². The number of aromatic nitrogens is 1. The highest BCUT2D eigenvalue weighted by Crippen LogP contribution is 2.05. The van der Waals surface area contributed by atoms with Crippen LogP contribution in [0.1, 0.15) is 18.1 Å². The van der Waals surface area contributed by atoms with Crippen molar-refractivity contribution in [1.82, 2.24) is 15.6 Å². The van der Waals surface area contributed by atoms with E-state index in [0.29, 0.717) is 24.3 Å². The van der Waals surface area contributed by atoms with Crippen LogP contribution >= 0.6 is 35.6 Å². The molecule has 2 aromatic rings. The fourth-order valence-corrected chi connectivity index (χ4v) is 2.47. The van der Waals surface area contributed by atoms with Crippen LogP contribution in [0, 0.1) is 0 Å². The zero-order chi connectivity index (χ0) is 19.3. The number of pyridine rings is 1. The molecule has 0 saturated heterocycles. The van der Waals surface area contributed by atoms with Crippen LogP contribution < -0.4 is 10.6 Å². The summed E-state index contributed by atoms with van der Waals surface area (Å²) in [6.07, 6.45) is 1.92. The van der Waals surface area contributed by atoms with E-state index in [1.165, 1.54) is 0 Å². The summed E-state index contributed by atoms with van der Waals surface area (Å²) in [6, 6.07) is 13.6. The molecule has 0 saturated carbocycles. The van der Waals surface area contributed by atoms with E-state index in [1.54, 1.807) is 12.3 Å². The molecule has 3 N–H and O–H groups in total. The quantitative estimate of drug-likeness (QED) is 0.195. The minimum atomic E-state index is -0.648. The average molecular weight is 519 g/mol. The van der Waals surface area contributed by atoms with Crippen molar-refractivity contribution in [2.45, 2.75) is 26.1 Å². The Balaban J connectivity index is 0.00000392. The highest BCUT2D eigenvalue weighted by atomic mass is 127. The molecule has 6 nitrogen and oxygen atoms in total. The van der Waals surface area contributed by atoms with Gasteiger partial charge in [0, 0.05) is 19.3 Å². The summed E-state index contributed by atoms with van der Waals surface area (Å²) in [4.78, 5) is 8.48. The number of hydrogen-bond donors (Lipinski definition) is 3. The van der Waals surface area contributed by atoms with Crippen molar-refractivity contribution in [3.63, 3.8) is 0 Å². The second-order valence-corrected chi connectivity index (χ2v) is 6.43. The molecule has 0 fully saturated rings. The normalized spacial score (nSPS) is 12.2. The van der Waals surface area contributed by atoms with Gasteiger partial charge in [-0.3, -0.25) is 4.99 Å². The Bertz CT molecular complexity index is 686. The number of benzene rings is 1. The Kier molecular flexibility index (Phi) is 12.8. The van der Waals surface area contributed by atoms with Gasteiger partial charge in [0.25, 0.3) is 0 Å². The van der Waals surface area contributed by atoms with E-state index in [9.17, 15) is 5.11 Å². The molecule has 1 unspecified atom stereocenters. The molecule has 0 bridgehead atoms. The van der Waals surface area contributed by atoms with Crippen molar-refractivity contribution in [1.29, 1.82) is 0 Å². The molecule has 1 heterocycles. The van der Waals surface area contributed by atoms with Crippen molar-refractivity contribution < 1.29 is 9.84 Å². The van der Waals surface area contributed by atoms with Crippen molar-refractivity contribution in [2.24, 2.45) is 4.99 Å². The molecule has 28 heavy (non-hydrogen) atoms. The van der Waals surface area contributed by atoms with Gasteiger partial charge in [-0.25, -0.2) is 4.98 Å². The minimum absolute atomic E-state index is 0. The number of hydrogen-bond acceptors (Lipinski definition) is 4. The molecule has 0 amide bonds. The maximum Gasteiger partial charge on any atom is 0.191 e. The zero-order valence-electron chi connectivity index (χ0n) is 16.0. The van der Waals surface area contributed by atoms with Crippen molar-refractivity contribution >= 4 is 41.5 Å². The van der Waals surface area contributed by atoms with Gasteiger partial charge in [0.1, 0.15) is 5.15 Å². The lowest BCUT2D eigenvalue weighted by Crippen LogP contribution is -2.39. The third-order valence-corrected chi connectivity index (χ3v) is 3.94. The molecule has 0 radical (unpaired) electrons. The number of nitrogens with zero attached hydrogens (tertiary/aromatic N) is 2. The summed E-state index contributed by atoms with van der Waals surface area (Å²) in [6.45, 7) is 4.44. The number of nitrogens with one attached hydrogen (secondary N) is 2. The van der Waals surface area contributed by atoms with Crippen molar-refractivity contribution in [3.8, 4) is 0 Å². The third-order valence-electron chi connectivity index (χ3n) is 3.72. The number of aliphatic imine (C=N–C) groups is 1. The van der Waals surface area contributed by atoms with Crippen LogP contribution in [0.5, 0.6) is 0 Å². The molecular weight excluding hydrogens is 491 g/mol. The maximum absolute atomic E-state index is 10.1. The lowest BCUT2D eigenvalue weighted by molar-refractivity contribution is 0.0331. The highest BCUT2D eigenvalue weighted by molar-refractivity contribution is 14.0. The molecular formula is C20H28ClIN4O2. The molecule has 1 atom stereocenters. The van der Waals surface area contributed by atoms with Gasteiger partial charge in [-0.1, -0.05) is 48.0 Å². The number of aliphatic hydroxyl groups is 1. The largest absolute Gasteiger partial charge is 0.389 e. The molecule has 2 rings (SSSR count). The van der Waals surface area contributed by atoms with Crippen molar-refractivity contribution in [3.05, 3.63) is 64.9 Å². The Morgan fingerprint density at radius 1 is 1.18 bits per heavy atom. The first kappa shape index (κ1) is 24.6. The van der Waals surface area contributed by atoms with Gasteiger partial charge in [0.2, 0.25) is 0 Å². The van der Waals surface area contributed by atoms with Gasteiger partial charge in [-0.2, -0.15) is 0 Å². The van der Waals surface area contributed by atoms with E-state index >= 15 is 0 Å². The monoisotopic (exact) mass is 518 g/mol. The van der Waals surface area contributed by atoms with E-state index in [1.807, 2.05) is 43.3 Å². The Morgan fingerprint density at radius 2 is 1.96 bits per heavy atom. The molecule has 0 aliphatic heterocycles. The zero-order valence-corrected chi connectivity index (χ0v) is 19.1. The van der Waals surface area contributed by atoms with E-state index in [-0.39, 0.29) is 37.1 Å². The number of aliphatic hydroxyl groups excluding tert-OH is 1. The van der Waals surface area contributed by atoms with Crippen LogP contribution in [-0.4, -0.2) is 48.4 Å². The third kappa shape index (κ3) is 10.2. The van der Waals surface area contributed by atoms with Crippen LogP contribution in [0.25, 0.3) is 0 Å². The Hall–Kier alpha value is -1.42. The molecule has 0 spiro atoms. The average Bonchev–Trinajstić information content (AvgIpc) is 2.68. The standard InChI is InChI=1S/C20H27ClN4O2.HI/c1-2-22-20(23-11-10-16-8-9-19(21)24-12-16)25-13-18(26)15-27-14-17-6-4-3-5-7-17;/h3-9,12,18,26H,2,10-11,13-15H2,1H3,(H2,22,23,25);1H. The molecule has 0 aliphatic carbocycles. The second kappa shape index (κ2) is 14.6. The smallest absolute Gasteiger partial charge is 0.191 e.